The van der Waals surface area contributed by atoms with Gasteiger partial charge in [-0.05, 0) is 30.5 Å². The standard InChI is InChI=1S/C21H23N5O2/c1-28-17-6-2-15(3-7-17)12-20(27)24-10-11-26-21(16-4-5-16)18(13-25-26)19-14-22-8-9-23-19/h2-3,6-9,13-14,16H,4-5,10-12H2,1H3,(H,24,27). The van der Waals surface area contributed by atoms with E-state index in [1.165, 1.54) is 18.5 Å². The maximum absolute atomic E-state index is 12.2. The number of methoxy groups -OCH3 is 1. The van der Waals surface area contributed by atoms with Gasteiger partial charge < -0.3 is 10.1 Å². The van der Waals surface area contributed by atoms with Gasteiger partial charge in [-0.15, -0.1) is 0 Å². The highest BCUT2D eigenvalue weighted by Crippen LogP contribution is 2.43. The third kappa shape index (κ3) is 4.19. The Hall–Kier alpha value is -3.22. The van der Waals surface area contributed by atoms with E-state index in [1.807, 2.05) is 35.1 Å². The molecule has 28 heavy (non-hydrogen) atoms. The number of hydrogen-bond donors (Lipinski definition) is 1. The molecule has 1 saturated carbocycles. The van der Waals surface area contributed by atoms with Gasteiger partial charge in [-0.3, -0.25) is 19.4 Å². The third-order valence-corrected chi connectivity index (χ3v) is 4.85. The maximum Gasteiger partial charge on any atom is 0.224 e. The maximum atomic E-state index is 12.2. The Bertz CT molecular complexity index is 933. The molecule has 0 saturated heterocycles. The average Bonchev–Trinajstić information content (AvgIpc) is 3.49. The minimum absolute atomic E-state index is 0.000514. The molecule has 1 N–H and O–H groups in total. The van der Waals surface area contributed by atoms with Gasteiger partial charge >= 0.3 is 0 Å². The monoisotopic (exact) mass is 377 g/mol. The van der Waals surface area contributed by atoms with Gasteiger partial charge in [0.1, 0.15) is 5.75 Å². The van der Waals surface area contributed by atoms with Crippen molar-refractivity contribution in [1.29, 1.82) is 0 Å². The molecule has 0 radical (unpaired) electrons. The Labute approximate surface area is 163 Å². The molecule has 3 aromatic rings. The number of nitrogens with one attached hydrogen (secondary N) is 1. The van der Waals surface area contributed by atoms with E-state index in [4.69, 9.17) is 4.74 Å². The highest BCUT2D eigenvalue weighted by Gasteiger charge is 2.31. The molecule has 1 aromatic carbocycles. The van der Waals surface area contributed by atoms with Crippen molar-refractivity contribution in [2.75, 3.05) is 13.7 Å². The van der Waals surface area contributed by atoms with E-state index in [1.54, 1.807) is 25.7 Å². The summed E-state index contributed by atoms with van der Waals surface area (Å²) >= 11 is 0. The molecule has 0 aliphatic heterocycles. The summed E-state index contributed by atoms with van der Waals surface area (Å²) in [5, 5.41) is 7.52. The molecule has 0 bridgehead atoms. The topological polar surface area (TPSA) is 81.9 Å². The van der Waals surface area contributed by atoms with Gasteiger partial charge in [0.15, 0.2) is 0 Å². The number of amides is 1. The van der Waals surface area contributed by atoms with E-state index in [-0.39, 0.29) is 5.91 Å². The summed E-state index contributed by atoms with van der Waals surface area (Å²) in [6, 6.07) is 7.54. The van der Waals surface area contributed by atoms with E-state index in [0.29, 0.717) is 25.4 Å². The number of ether oxygens (including phenoxy) is 1. The first-order valence-corrected chi connectivity index (χ1v) is 9.46. The Morgan fingerprint density at radius 2 is 2.04 bits per heavy atom. The number of hydrogen-bond acceptors (Lipinski definition) is 5. The molecule has 2 aromatic heterocycles. The summed E-state index contributed by atoms with van der Waals surface area (Å²) in [6.45, 7) is 1.18. The molecule has 7 nitrogen and oxygen atoms in total. The lowest BCUT2D eigenvalue weighted by Gasteiger charge is -2.10. The zero-order chi connectivity index (χ0) is 19.3. The predicted molar refractivity (Wildman–Crippen MR) is 105 cm³/mol. The molecule has 0 atom stereocenters. The Morgan fingerprint density at radius 3 is 2.71 bits per heavy atom. The minimum Gasteiger partial charge on any atom is -0.497 e. The van der Waals surface area contributed by atoms with Crippen molar-refractivity contribution in [2.24, 2.45) is 0 Å². The normalized spacial score (nSPS) is 13.3. The van der Waals surface area contributed by atoms with Crippen molar-refractivity contribution in [3.63, 3.8) is 0 Å². The quantitative estimate of drug-likeness (QED) is 0.652. The van der Waals surface area contributed by atoms with Crippen molar-refractivity contribution in [2.45, 2.75) is 31.7 Å². The molecule has 1 aliphatic rings. The number of nitrogens with zero attached hydrogens (tertiary/aromatic N) is 4. The number of benzene rings is 1. The van der Waals surface area contributed by atoms with E-state index in [0.717, 1.165) is 22.6 Å². The minimum atomic E-state index is -0.000514. The van der Waals surface area contributed by atoms with Crippen LogP contribution in [0.4, 0.5) is 0 Å². The van der Waals surface area contributed by atoms with Gasteiger partial charge in [-0.25, -0.2) is 0 Å². The van der Waals surface area contributed by atoms with Crippen molar-refractivity contribution < 1.29 is 9.53 Å². The highest BCUT2D eigenvalue weighted by molar-refractivity contribution is 5.78. The first-order chi connectivity index (χ1) is 13.7. The molecular weight excluding hydrogens is 354 g/mol. The second-order valence-electron chi connectivity index (χ2n) is 6.91. The molecule has 144 valence electrons. The van der Waals surface area contributed by atoms with Crippen molar-refractivity contribution in [3.8, 4) is 17.0 Å². The fourth-order valence-electron chi connectivity index (χ4n) is 3.29. The lowest BCUT2D eigenvalue weighted by atomic mass is 10.1. The van der Waals surface area contributed by atoms with Crippen LogP contribution in [0.3, 0.4) is 0 Å². The van der Waals surface area contributed by atoms with Crippen molar-refractivity contribution in [1.82, 2.24) is 25.1 Å². The van der Waals surface area contributed by atoms with Crippen LogP contribution in [0.1, 0.15) is 30.0 Å². The number of carbonyl (C=O) groups is 1. The van der Waals surface area contributed by atoms with Crippen LogP contribution in [0.5, 0.6) is 5.75 Å². The summed E-state index contributed by atoms with van der Waals surface area (Å²) in [7, 11) is 1.63. The largest absolute Gasteiger partial charge is 0.497 e. The fourth-order valence-corrected chi connectivity index (χ4v) is 3.29. The van der Waals surface area contributed by atoms with Crippen LogP contribution in [-0.4, -0.2) is 39.3 Å². The third-order valence-electron chi connectivity index (χ3n) is 4.85. The van der Waals surface area contributed by atoms with E-state index >= 15 is 0 Å². The SMILES string of the molecule is COc1ccc(CC(=O)NCCn2ncc(-c3cnccn3)c2C2CC2)cc1. The molecule has 0 spiro atoms. The lowest BCUT2D eigenvalue weighted by molar-refractivity contribution is -0.120. The first kappa shape index (κ1) is 18.2. The van der Waals surface area contributed by atoms with Crippen molar-refractivity contribution >= 4 is 5.91 Å². The average molecular weight is 377 g/mol. The summed E-state index contributed by atoms with van der Waals surface area (Å²) in [4.78, 5) is 20.8. The lowest BCUT2D eigenvalue weighted by Crippen LogP contribution is -2.29. The van der Waals surface area contributed by atoms with Gasteiger partial charge in [0.25, 0.3) is 0 Å². The molecule has 1 fully saturated rings. The zero-order valence-electron chi connectivity index (χ0n) is 15.8. The van der Waals surface area contributed by atoms with Crippen LogP contribution >= 0.6 is 0 Å². The summed E-state index contributed by atoms with van der Waals surface area (Å²) in [5.74, 6) is 1.31. The van der Waals surface area contributed by atoms with Crippen LogP contribution in [-0.2, 0) is 17.8 Å². The Balaban J connectivity index is 1.36. The van der Waals surface area contributed by atoms with Gasteiger partial charge in [0.05, 0.1) is 43.9 Å². The molecule has 4 rings (SSSR count). The van der Waals surface area contributed by atoms with E-state index < -0.39 is 0 Å². The predicted octanol–water partition coefficient (Wildman–Crippen LogP) is 2.58. The molecule has 1 amide bonds. The summed E-state index contributed by atoms with van der Waals surface area (Å²) in [5.41, 5.74) is 4.05. The van der Waals surface area contributed by atoms with Crippen LogP contribution in [0, 0.1) is 0 Å². The van der Waals surface area contributed by atoms with Gasteiger partial charge in [0, 0.05) is 30.4 Å². The second-order valence-corrected chi connectivity index (χ2v) is 6.91. The summed E-state index contributed by atoms with van der Waals surface area (Å²) in [6.07, 6.45) is 9.68. The molecule has 2 heterocycles. The van der Waals surface area contributed by atoms with Gasteiger partial charge in [-0.2, -0.15) is 5.10 Å². The van der Waals surface area contributed by atoms with Crippen LogP contribution < -0.4 is 10.1 Å². The van der Waals surface area contributed by atoms with Crippen LogP contribution in [0.25, 0.3) is 11.3 Å². The Kier molecular flexibility index (Phi) is 5.32. The molecule has 0 unspecified atom stereocenters. The van der Waals surface area contributed by atoms with Gasteiger partial charge in [-0.1, -0.05) is 12.1 Å². The zero-order valence-corrected chi connectivity index (χ0v) is 15.8. The number of aromatic nitrogens is 4. The van der Waals surface area contributed by atoms with Crippen molar-refractivity contribution in [3.05, 3.63) is 60.3 Å². The smallest absolute Gasteiger partial charge is 0.224 e. The van der Waals surface area contributed by atoms with Crippen LogP contribution in [0.15, 0.2) is 49.1 Å². The highest BCUT2D eigenvalue weighted by atomic mass is 16.5. The summed E-state index contributed by atoms with van der Waals surface area (Å²) < 4.78 is 7.13. The fraction of sp³-hybridized carbons (Fsp3) is 0.333. The molecular formula is C21H23N5O2. The number of carbonyl (C=O) groups excluding carboxylic acids is 1. The van der Waals surface area contributed by atoms with Crippen LogP contribution in [0.2, 0.25) is 0 Å². The second kappa shape index (κ2) is 8.21. The first-order valence-electron chi connectivity index (χ1n) is 9.46. The molecule has 1 aliphatic carbocycles. The van der Waals surface area contributed by atoms with Gasteiger partial charge in [0.2, 0.25) is 5.91 Å². The molecule has 7 heteroatoms. The Morgan fingerprint density at radius 1 is 1.21 bits per heavy atom. The number of rotatable bonds is 8. The van der Waals surface area contributed by atoms with E-state index in [2.05, 4.69) is 20.4 Å². The van der Waals surface area contributed by atoms with E-state index in [9.17, 15) is 4.79 Å².